The van der Waals surface area contributed by atoms with E-state index in [0.29, 0.717) is 16.9 Å². The van der Waals surface area contributed by atoms with E-state index >= 15 is 4.39 Å². The number of aliphatic hydroxyl groups is 1. The number of carbonyl (C=O) groups is 2. The monoisotopic (exact) mass is 497 g/mol. The molecule has 1 aliphatic heterocycles. The molecule has 0 saturated carbocycles. The molecule has 1 unspecified atom stereocenters. The first-order valence-corrected chi connectivity index (χ1v) is 11.7. The highest BCUT2D eigenvalue weighted by Crippen LogP contribution is 2.43. The zero-order valence-corrected chi connectivity index (χ0v) is 20.5. The standard InChI is InChI=1S/C29H24FN3O4/c1-17-13-15-19(16-14-17)26(34)23-25(21-11-7-8-12-22(21)30)32(29(37)27(23)35)24-18(2)31(3)33(28(24)36)20-9-5-4-6-10-20/h4-16,25,34H,1-3H3/b26-23+. The Hall–Kier alpha value is -4.72. The fourth-order valence-corrected chi connectivity index (χ4v) is 4.75. The minimum Gasteiger partial charge on any atom is -0.507 e. The number of hydrogen-bond donors (Lipinski definition) is 1. The van der Waals surface area contributed by atoms with Crippen LogP contribution in [-0.2, 0) is 16.6 Å². The molecular weight excluding hydrogens is 473 g/mol. The summed E-state index contributed by atoms with van der Waals surface area (Å²) in [6.45, 7) is 3.52. The topological polar surface area (TPSA) is 84.5 Å². The summed E-state index contributed by atoms with van der Waals surface area (Å²) in [5.41, 5.74) is 1.28. The molecule has 2 heterocycles. The third kappa shape index (κ3) is 3.78. The Kier molecular flexibility index (Phi) is 5.87. The van der Waals surface area contributed by atoms with Crippen molar-refractivity contribution >= 4 is 23.1 Å². The van der Waals surface area contributed by atoms with Crippen LogP contribution in [0.2, 0.25) is 0 Å². The first-order chi connectivity index (χ1) is 17.7. The average Bonchev–Trinajstić information content (AvgIpc) is 3.27. The average molecular weight is 498 g/mol. The number of carbonyl (C=O) groups excluding carboxylic acids is 2. The quantitative estimate of drug-likeness (QED) is 0.255. The number of anilines is 1. The summed E-state index contributed by atoms with van der Waals surface area (Å²) in [5, 5.41) is 11.2. The third-order valence-electron chi connectivity index (χ3n) is 6.73. The largest absolute Gasteiger partial charge is 0.507 e. The van der Waals surface area contributed by atoms with Crippen LogP contribution in [0.15, 0.2) is 89.2 Å². The maximum Gasteiger partial charge on any atom is 0.300 e. The summed E-state index contributed by atoms with van der Waals surface area (Å²) in [4.78, 5) is 41.7. The Morgan fingerprint density at radius 3 is 2.14 bits per heavy atom. The fourth-order valence-electron chi connectivity index (χ4n) is 4.75. The van der Waals surface area contributed by atoms with Crippen LogP contribution in [0.25, 0.3) is 11.4 Å². The first-order valence-electron chi connectivity index (χ1n) is 11.7. The van der Waals surface area contributed by atoms with E-state index in [4.69, 9.17) is 0 Å². The van der Waals surface area contributed by atoms with E-state index in [1.54, 1.807) is 73.3 Å². The molecule has 3 aromatic carbocycles. The maximum absolute atomic E-state index is 15.2. The lowest BCUT2D eigenvalue weighted by Crippen LogP contribution is -2.34. The van der Waals surface area contributed by atoms with Crippen LogP contribution in [0.1, 0.15) is 28.4 Å². The third-order valence-corrected chi connectivity index (χ3v) is 6.73. The van der Waals surface area contributed by atoms with Crippen molar-refractivity contribution in [1.82, 2.24) is 9.36 Å². The van der Waals surface area contributed by atoms with E-state index in [0.717, 1.165) is 10.5 Å². The molecule has 4 aromatic rings. The molecule has 186 valence electrons. The van der Waals surface area contributed by atoms with Gasteiger partial charge in [-0.1, -0.05) is 66.2 Å². The minimum absolute atomic E-state index is 0.00993. The van der Waals surface area contributed by atoms with Gasteiger partial charge >= 0.3 is 0 Å². The smallest absolute Gasteiger partial charge is 0.300 e. The van der Waals surface area contributed by atoms with Gasteiger partial charge in [0.25, 0.3) is 17.2 Å². The van der Waals surface area contributed by atoms with Crippen molar-refractivity contribution in [1.29, 1.82) is 0 Å². The second-order valence-electron chi connectivity index (χ2n) is 8.97. The molecule has 0 spiro atoms. The lowest BCUT2D eigenvalue weighted by atomic mass is 9.94. The number of amides is 1. The minimum atomic E-state index is -1.35. The molecule has 0 bridgehead atoms. The molecule has 1 aromatic heterocycles. The predicted octanol–water partition coefficient (Wildman–Crippen LogP) is 4.56. The van der Waals surface area contributed by atoms with Crippen molar-refractivity contribution in [2.75, 3.05) is 4.90 Å². The van der Waals surface area contributed by atoms with E-state index in [9.17, 15) is 19.5 Å². The van der Waals surface area contributed by atoms with Gasteiger partial charge in [-0.25, -0.2) is 9.07 Å². The number of nitrogens with zero attached hydrogens (tertiary/aromatic N) is 3. The van der Waals surface area contributed by atoms with E-state index in [1.165, 1.54) is 22.9 Å². The summed E-state index contributed by atoms with van der Waals surface area (Å²) >= 11 is 0. The number of aryl methyl sites for hydroxylation is 1. The van der Waals surface area contributed by atoms with Crippen LogP contribution in [0.3, 0.4) is 0 Å². The van der Waals surface area contributed by atoms with Gasteiger partial charge in [0.15, 0.2) is 0 Å². The molecule has 0 radical (unpaired) electrons. The van der Waals surface area contributed by atoms with Gasteiger partial charge < -0.3 is 5.11 Å². The Morgan fingerprint density at radius 2 is 1.49 bits per heavy atom. The number of halogens is 1. The second kappa shape index (κ2) is 9.05. The first kappa shape index (κ1) is 24.0. The van der Waals surface area contributed by atoms with Gasteiger partial charge in [-0.2, -0.15) is 0 Å². The Morgan fingerprint density at radius 1 is 0.865 bits per heavy atom. The van der Waals surface area contributed by atoms with Gasteiger partial charge in [0.1, 0.15) is 17.3 Å². The van der Waals surface area contributed by atoms with Gasteiger partial charge in [0.2, 0.25) is 0 Å². The Labute approximate surface area is 212 Å². The molecule has 1 aliphatic rings. The van der Waals surface area contributed by atoms with E-state index < -0.39 is 34.9 Å². The highest BCUT2D eigenvalue weighted by molar-refractivity contribution is 6.51. The number of ketones is 1. The van der Waals surface area contributed by atoms with Crippen LogP contribution < -0.4 is 10.5 Å². The SMILES string of the molecule is Cc1ccc(/C(O)=C2\C(=O)C(=O)N(c3c(C)n(C)n(-c4ccccc4)c3=O)C2c2ccccc2F)cc1. The molecule has 1 saturated heterocycles. The van der Waals surface area contributed by atoms with Crippen molar-refractivity contribution in [2.45, 2.75) is 19.9 Å². The number of Topliss-reactive ketones (excluding diaryl/α,β-unsaturated/α-hetero) is 1. The second-order valence-corrected chi connectivity index (χ2v) is 8.97. The summed E-state index contributed by atoms with van der Waals surface area (Å²) in [6.07, 6.45) is 0. The lowest BCUT2D eigenvalue weighted by molar-refractivity contribution is -0.132. The number of rotatable bonds is 4. The van der Waals surface area contributed by atoms with Crippen molar-refractivity contribution in [3.8, 4) is 5.69 Å². The van der Waals surface area contributed by atoms with Gasteiger partial charge in [-0.3, -0.25) is 24.0 Å². The summed E-state index contributed by atoms with van der Waals surface area (Å²) < 4.78 is 18.1. The van der Waals surface area contributed by atoms with E-state index in [1.807, 2.05) is 13.0 Å². The van der Waals surface area contributed by atoms with Gasteiger partial charge in [0.05, 0.1) is 23.0 Å². The number of aromatic nitrogens is 2. The summed E-state index contributed by atoms with van der Waals surface area (Å²) in [7, 11) is 1.66. The van der Waals surface area contributed by atoms with E-state index in [-0.39, 0.29) is 16.8 Å². The number of benzene rings is 3. The van der Waals surface area contributed by atoms with Crippen LogP contribution >= 0.6 is 0 Å². The molecule has 7 nitrogen and oxygen atoms in total. The van der Waals surface area contributed by atoms with E-state index in [2.05, 4.69) is 0 Å². The maximum atomic E-state index is 15.2. The Balaban J connectivity index is 1.80. The van der Waals surface area contributed by atoms with Crippen molar-refractivity contribution in [2.24, 2.45) is 7.05 Å². The predicted molar refractivity (Wildman–Crippen MR) is 138 cm³/mol. The number of aliphatic hydroxyl groups excluding tert-OH is 1. The molecule has 1 fully saturated rings. The van der Waals surface area contributed by atoms with Crippen LogP contribution in [0.5, 0.6) is 0 Å². The van der Waals surface area contributed by atoms with Crippen LogP contribution in [0, 0.1) is 19.7 Å². The van der Waals surface area contributed by atoms with Gasteiger partial charge in [0, 0.05) is 18.2 Å². The van der Waals surface area contributed by atoms with Gasteiger partial charge in [-0.15, -0.1) is 0 Å². The lowest BCUT2D eigenvalue weighted by Gasteiger charge is -2.24. The normalized spacial score (nSPS) is 17.0. The molecule has 1 amide bonds. The highest BCUT2D eigenvalue weighted by atomic mass is 19.1. The van der Waals surface area contributed by atoms with Gasteiger partial charge in [-0.05, 0) is 32.0 Å². The van der Waals surface area contributed by atoms with Crippen molar-refractivity contribution in [3.63, 3.8) is 0 Å². The number of hydrogen-bond acceptors (Lipinski definition) is 4. The molecule has 8 heteroatoms. The molecule has 1 N–H and O–H groups in total. The zero-order chi connectivity index (χ0) is 26.4. The summed E-state index contributed by atoms with van der Waals surface area (Å²) in [5.74, 6) is -3.13. The zero-order valence-electron chi connectivity index (χ0n) is 20.5. The molecule has 0 aliphatic carbocycles. The fraction of sp³-hybridized carbons (Fsp3) is 0.138. The van der Waals surface area contributed by atoms with Crippen molar-refractivity contribution < 1.29 is 19.1 Å². The molecule has 37 heavy (non-hydrogen) atoms. The molecular formula is C29H24FN3O4. The summed E-state index contributed by atoms with van der Waals surface area (Å²) in [6, 6.07) is 19.9. The van der Waals surface area contributed by atoms with Crippen LogP contribution in [0.4, 0.5) is 10.1 Å². The molecule has 5 rings (SSSR count). The van der Waals surface area contributed by atoms with Crippen LogP contribution in [-0.4, -0.2) is 26.2 Å². The number of para-hydroxylation sites is 1. The highest BCUT2D eigenvalue weighted by Gasteiger charge is 2.49. The molecule has 1 atom stereocenters. The van der Waals surface area contributed by atoms with Crippen molar-refractivity contribution in [3.05, 3.63) is 123 Å². The Bertz CT molecular complexity index is 1630.